The first-order chi connectivity index (χ1) is 12.1. The van der Waals surface area contributed by atoms with Gasteiger partial charge in [0.05, 0.1) is 0 Å². The SMILES string of the molecule is CN(C(=O)C[C@H](N)CCCNC(=N)N)[C@]1(C)CNC(NC(N)=O)=NC1=O. The number of nitrogens with zero attached hydrogens (tertiary/aromatic N) is 2. The Kier molecular flexibility index (Phi) is 7.31. The summed E-state index contributed by atoms with van der Waals surface area (Å²) in [6.45, 7) is 2.15. The lowest BCUT2D eigenvalue weighted by Gasteiger charge is -2.39. The fourth-order valence-corrected chi connectivity index (χ4v) is 2.37. The molecular weight excluding hydrogens is 342 g/mol. The van der Waals surface area contributed by atoms with Gasteiger partial charge in [0.25, 0.3) is 5.91 Å². The molecule has 0 fully saturated rings. The summed E-state index contributed by atoms with van der Waals surface area (Å²) < 4.78 is 0. The van der Waals surface area contributed by atoms with Crippen LogP contribution in [0, 0.1) is 5.41 Å². The highest BCUT2D eigenvalue weighted by Crippen LogP contribution is 2.19. The maximum absolute atomic E-state index is 12.5. The Morgan fingerprint density at radius 3 is 2.65 bits per heavy atom. The minimum Gasteiger partial charge on any atom is -0.370 e. The number of primary amides is 1. The standard InChI is InChI=1S/C14H27N9O3/c1-14(7-20-13(21-10(14)25)22-12(18)26)23(2)9(24)6-8(15)4-3-5-19-11(16)17/h8H,3-7,15H2,1-2H3,(H4,16,17,19)(H4,18,20,21,22,25,26)/t8-,14-/m1/s1. The van der Waals surface area contributed by atoms with Crippen molar-refractivity contribution in [3.8, 4) is 0 Å². The van der Waals surface area contributed by atoms with E-state index in [1.54, 1.807) is 6.92 Å². The van der Waals surface area contributed by atoms with E-state index in [1.165, 1.54) is 11.9 Å². The maximum atomic E-state index is 12.5. The molecule has 0 unspecified atom stereocenters. The zero-order chi connectivity index (χ0) is 19.9. The summed E-state index contributed by atoms with van der Waals surface area (Å²) in [5.74, 6) is -1.03. The van der Waals surface area contributed by atoms with Crippen LogP contribution in [0.1, 0.15) is 26.2 Å². The summed E-state index contributed by atoms with van der Waals surface area (Å²) in [6, 6.07) is -1.23. The van der Waals surface area contributed by atoms with E-state index in [4.69, 9.17) is 22.6 Å². The van der Waals surface area contributed by atoms with E-state index in [-0.39, 0.29) is 36.8 Å². The first-order valence-electron chi connectivity index (χ1n) is 8.10. The van der Waals surface area contributed by atoms with Gasteiger partial charge in [-0.15, -0.1) is 0 Å². The summed E-state index contributed by atoms with van der Waals surface area (Å²) >= 11 is 0. The molecule has 1 rings (SSSR count). The molecule has 12 heteroatoms. The lowest BCUT2D eigenvalue weighted by atomic mass is 9.96. The number of aliphatic imine (C=N–C) groups is 1. The molecule has 26 heavy (non-hydrogen) atoms. The van der Waals surface area contributed by atoms with Crippen molar-refractivity contribution in [2.75, 3.05) is 20.1 Å². The largest absolute Gasteiger partial charge is 0.370 e. The van der Waals surface area contributed by atoms with Gasteiger partial charge in [-0.3, -0.25) is 20.3 Å². The van der Waals surface area contributed by atoms with Gasteiger partial charge in [-0.2, -0.15) is 4.99 Å². The average Bonchev–Trinajstić information content (AvgIpc) is 2.53. The number of carbonyl (C=O) groups is 3. The van der Waals surface area contributed by atoms with Crippen molar-refractivity contribution < 1.29 is 14.4 Å². The van der Waals surface area contributed by atoms with Crippen LogP contribution in [0.5, 0.6) is 0 Å². The molecule has 2 atom stereocenters. The molecule has 0 aromatic heterocycles. The summed E-state index contributed by atoms with van der Waals surface area (Å²) in [5.41, 5.74) is 14.9. The lowest BCUT2D eigenvalue weighted by molar-refractivity contribution is -0.143. The molecule has 4 amide bonds. The molecule has 0 radical (unpaired) electrons. The van der Waals surface area contributed by atoms with Gasteiger partial charge in [-0.05, 0) is 19.8 Å². The molecule has 0 aromatic rings. The molecule has 0 bridgehead atoms. The fourth-order valence-electron chi connectivity index (χ4n) is 2.37. The Hall–Kier alpha value is -2.89. The normalized spacial score (nSPS) is 20.4. The average molecular weight is 369 g/mol. The third kappa shape index (κ3) is 5.88. The number of carbonyl (C=O) groups excluding carboxylic acids is 3. The number of urea groups is 1. The van der Waals surface area contributed by atoms with E-state index in [9.17, 15) is 14.4 Å². The maximum Gasteiger partial charge on any atom is 0.318 e. The second-order valence-corrected chi connectivity index (χ2v) is 6.28. The van der Waals surface area contributed by atoms with Crippen LogP contribution >= 0.6 is 0 Å². The van der Waals surface area contributed by atoms with Gasteiger partial charge in [0.15, 0.2) is 5.96 Å². The highest BCUT2D eigenvalue weighted by molar-refractivity contribution is 6.06. The Labute approximate surface area is 151 Å². The van der Waals surface area contributed by atoms with Crippen LogP contribution in [0.15, 0.2) is 4.99 Å². The molecule has 0 spiro atoms. The molecule has 0 aliphatic carbocycles. The zero-order valence-corrected chi connectivity index (χ0v) is 15.0. The number of hydrogen-bond acceptors (Lipinski definition) is 6. The molecule has 10 N–H and O–H groups in total. The second kappa shape index (κ2) is 8.99. The zero-order valence-electron chi connectivity index (χ0n) is 15.0. The molecule has 1 heterocycles. The topological polar surface area (TPSA) is 205 Å². The van der Waals surface area contributed by atoms with Crippen LogP contribution < -0.4 is 33.2 Å². The van der Waals surface area contributed by atoms with Gasteiger partial charge in [-0.1, -0.05) is 0 Å². The predicted molar refractivity (Wildman–Crippen MR) is 96.1 cm³/mol. The van der Waals surface area contributed by atoms with Crippen molar-refractivity contribution in [3.05, 3.63) is 0 Å². The summed E-state index contributed by atoms with van der Waals surface area (Å²) in [6.07, 6.45) is 1.28. The minimum absolute atomic E-state index is 0.0458. The van der Waals surface area contributed by atoms with Crippen LogP contribution in [-0.4, -0.2) is 66.4 Å². The Morgan fingerprint density at radius 1 is 1.46 bits per heavy atom. The van der Waals surface area contributed by atoms with Crippen molar-refractivity contribution in [1.29, 1.82) is 5.41 Å². The monoisotopic (exact) mass is 369 g/mol. The highest BCUT2D eigenvalue weighted by atomic mass is 16.2. The molecule has 12 nitrogen and oxygen atoms in total. The van der Waals surface area contributed by atoms with Crippen molar-refractivity contribution in [2.24, 2.45) is 22.2 Å². The third-order valence-electron chi connectivity index (χ3n) is 4.13. The first-order valence-corrected chi connectivity index (χ1v) is 8.10. The van der Waals surface area contributed by atoms with E-state index in [0.29, 0.717) is 19.4 Å². The Morgan fingerprint density at radius 2 is 2.12 bits per heavy atom. The summed E-state index contributed by atoms with van der Waals surface area (Å²) in [5, 5.41) is 14.7. The Bertz CT molecular complexity index is 606. The minimum atomic E-state index is -1.20. The van der Waals surface area contributed by atoms with Gasteiger partial charge in [0.1, 0.15) is 5.54 Å². The molecule has 146 valence electrons. The molecule has 1 aliphatic heterocycles. The van der Waals surface area contributed by atoms with Gasteiger partial charge >= 0.3 is 6.03 Å². The molecule has 0 aromatic carbocycles. The lowest BCUT2D eigenvalue weighted by Crippen LogP contribution is -2.64. The van der Waals surface area contributed by atoms with Crippen molar-refractivity contribution in [2.45, 2.75) is 37.8 Å². The van der Waals surface area contributed by atoms with E-state index in [2.05, 4.69) is 20.9 Å². The van der Waals surface area contributed by atoms with Gasteiger partial charge in [-0.25, -0.2) is 4.79 Å². The number of hydrogen-bond donors (Lipinski definition) is 7. The summed E-state index contributed by atoms with van der Waals surface area (Å²) in [7, 11) is 1.51. The highest BCUT2D eigenvalue weighted by Gasteiger charge is 2.43. The number of nitrogens with one attached hydrogen (secondary N) is 4. The predicted octanol–water partition coefficient (Wildman–Crippen LogP) is -2.66. The number of likely N-dealkylation sites (N-methyl/N-ethyl adjacent to an activating group) is 1. The number of amides is 4. The van der Waals surface area contributed by atoms with Crippen molar-refractivity contribution >= 4 is 29.8 Å². The molecule has 0 saturated heterocycles. The van der Waals surface area contributed by atoms with Crippen molar-refractivity contribution in [1.82, 2.24) is 20.9 Å². The fraction of sp³-hybridized carbons (Fsp3) is 0.643. The van der Waals surface area contributed by atoms with E-state index < -0.39 is 17.5 Å². The Balaban J connectivity index is 2.59. The van der Waals surface area contributed by atoms with Crippen LogP contribution in [0.2, 0.25) is 0 Å². The van der Waals surface area contributed by atoms with Crippen LogP contribution in [-0.2, 0) is 9.59 Å². The van der Waals surface area contributed by atoms with Gasteiger partial charge in [0, 0.05) is 32.6 Å². The quantitative estimate of drug-likeness (QED) is 0.144. The van der Waals surface area contributed by atoms with E-state index in [0.717, 1.165) is 0 Å². The van der Waals surface area contributed by atoms with Gasteiger partial charge < -0.3 is 32.7 Å². The smallest absolute Gasteiger partial charge is 0.318 e. The van der Waals surface area contributed by atoms with E-state index >= 15 is 0 Å². The van der Waals surface area contributed by atoms with Crippen LogP contribution in [0.3, 0.4) is 0 Å². The second-order valence-electron chi connectivity index (χ2n) is 6.28. The molecular formula is C14H27N9O3. The number of guanidine groups is 2. The molecule has 1 aliphatic rings. The van der Waals surface area contributed by atoms with Crippen LogP contribution in [0.25, 0.3) is 0 Å². The van der Waals surface area contributed by atoms with Crippen LogP contribution in [0.4, 0.5) is 4.79 Å². The van der Waals surface area contributed by atoms with Gasteiger partial charge in [0.2, 0.25) is 11.9 Å². The van der Waals surface area contributed by atoms with Crippen molar-refractivity contribution in [3.63, 3.8) is 0 Å². The number of rotatable bonds is 7. The third-order valence-corrected chi connectivity index (χ3v) is 4.13. The van der Waals surface area contributed by atoms with E-state index in [1.807, 2.05) is 0 Å². The molecule has 0 saturated carbocycles. The first kappa shape index (κ1) is 21.2. The number of nitrogens with two attached hydrogens (primary N) is 3. The summed E-state index contributed by atoms with van der Waals surface area (Å²) in [4.78, 5) is 40.6.